The van der Waals surface area contributed by atoms with Gasteiger partial charge in [-0.3, -0.25) is 4.79 Å². The number of nitrogens with zero attached hydrogens (tertiary/aromatic N) is 2. The van der Waals surface area contributed by atoms with Crippen molar-refractivity contribution in [1.82, 2.24) is 9.78 Å². The lowest BCUT2D eigenvalue weighted by molar-refractivity contribution is 0.0926. The monoisotopic (exact) mass is 228 g/mol. The van der Waals surface area contributed by atoms with E-state index in [1.54, 1.807) is 4.68 Å². The first kappa shape index (κ1) is 10.5. The van der Waals surface area contributed by atoms with Crippen LogP contribution in [0.1, 0.15) is 31.1 Å². The van der Waals surface area contributed by atoms with Crippen LogP contribution in [0.4, 0.5) is 0 Å². The second-order valence-corrected chi connectivity index (χ2v) is 5.00. The Labute approximate surface area is 93.2 Å². The third kappa shape index (κ3) is 1.74. The highest BCUT2D eigenvalue weighted by atomic mass is 35.5. The standard InChI is InChI=1S/C10H13ClN2O2/c1-6(14)7-8(11)12-13-4-10(2,3)5-15-9(7)13/h4-5H2,1-3H3. The summed E-state index contributed by atoms with van der Waals surface area (Å²) in [6.45, 7) is 6.93. The zero-order chi connectivity index (χ0) is 11.2. The van der Waals surface area contributed by atoms with Gasteiger partial charge in [-0.05, 0) is 6.92 Å². The van der Waals surface area contributed by atoms with Crippen molar-refractivity contribution >= 4 is 17.4 Å². The topological polar surface area (TPSA) is 44.1 Å². The summed E-state index contributed by atoms with van der Waals surface area (Å²) in [7, 11) is 0. The smallest absolute Gasteiger partial charge is 0.224 e. The van der Waals surface area contributed by atoms with Crippen molar-refractivity contribution in [2.75, 3.05) is 6.61 Å². The molecule has 0 unspecified atom stereocenters. The highest BCUT2D eigenvalue weighted by Crippen LogP contribution is 2.34. The van der Waals surface area contributed by atoms with Gasteiger partial charge in [-0.1, -0.05) is 25.4 Å². The van der Waals surface area contributed by atoms with Crippen LogP contribution >= 0.6 is 11.6 Å². The van der Waals surface area contributed by atoms with Crippen molar-refractivity contribution in [3.05, 3.63) is 10.7 Å². The summed E-state index contributed by atoms with van der Waals surface area (Å²) in [6, 6.07) is 0. The lowest BCUT2D eigenvalue weighted by Crippen LogP contribution is -2.33. The van der Waals surface area contributed by atoms with Gasteiger partial charge >= 0.3 is 0 Å². The van der Waals surface area contributed by atoms with Crippen molar-refractivity contribution in [1.29, 1.82) is 0 Å². The Morgan fingerprint density at radius 2 is 2.27 bits per heavy atom. The van der Waals surface area contributed by atoms with Crippen LogP contribution in [0, 0.1) is 5.41 Å². The molecule has 0 aromatic carbocycles. The van der Waals surface area contributed by atoms with E-state index in [0.717, 1.165) is 6.54 Å². The molecule has 2 heterocycles. The first-order valence-electron chi connectivity index (χ1n) is 4.81. The summed E-state index contributed by atoms with van der Waals surface area (Å²) in [6.07, 6.45) is 0. The molecule has 5 heteroatoms. The fraction of sp³-hybridized carbons (Fsp3) is 0.600. The summed E-state index contributed by atoms with van der Waals surface area (Å²) in [5, 5.41) is 4.34. The van der Waals surface area contributed by atoms with Gasteiger partial charge in [-0.25, -0.2) is 4.68 Å². The van der Waals surface area contributed by atoms with Gasteiger partial charge in [0.1, 0.15) is 5.56 Å². The number of hydrogen-bond acceptors (Lipinski definition) is 3. The number of Topliss-reactive ketones (excluding diaryl/α,β-unsaturated/α-hetero) is 1. The van der Waals surface area contributed by atoms with Crippen molar-refractivity contribution in [3.63, 3.8) is 0 Å². The van der Waals surface area contributed by atoms with Crippen LogP contribution < -0.4 is 4.74 Å². The lowest BCUT2D eigenvalue weighted by atomic mass is 9.94. The molecule has 0 atom stereocenters. The highest BCUT2D eigenvalue weighted by Gasteiger charge is 2.32. The molecule has 0 radical (unpaired) electrons. The van der Waals surface area contributed by atoms with Crippen LogP contribution in [0.15, 0.2) is 0 Å². The number of hydrogen-bond donors (Lipinski definition) is 0. The SMILES string of the molecule is CC(=O)c1c(Cl)nn2c1OCC(C)(C)C2. The predicted molar refractivity (Wildman–Crippen MR) is 56.5 cm³/mol. The van der Waals surface area contributed by atoms with E-state index in [0.29, 0.717) is 18.1 Å². The fourth-order valence-corrected chi connectivity index (χ4v) is 1.99. The largest absolute Gasteiger partial charge is 0.477 e. The Balaban J connectivity index is 2.48. The van der Waals surface area contributed by atoms with Gasteiger partial charge in [-0.15, -0.1) is 0 Å². The molecule has 1 aromatic heterocycles. The molecule has 4 nitrogen and oxygen atoms in total. The summed E-state index contributed by atoms with van der Waals surface area (Å²) < 4.78 is 7.22. The van der Waals surface area contributed by atoms with Crippen LogP contribution in [0.5, 0.6) is 5.88 Å². The number of fused-ring (bicyclic) bond motifs is 1. The predicted octanol–water partition coefficient (Wildman–Crippen LogP) is 2.16. The molecule has 1 aliphatic rings. The van der Waals surface area contributed by atoms with Crippen LogP contribution in [-0.4, -0.2) is 22.2 Å². The molecular formula is C10H13ClN2O2. The molecule has 0 N–H and O–H groups in total. The number of halogens is 1. The zero-order valence-electron chi connectivity index (χ0n) is 9.00. The van der Waals surface area contributed by atoms with Crippen LogP contribution in [0.25, 0.3) is 0 Å². The van der Waals surface area contributed by atoms with E-state index in [1.165, 1.54) is 6.92 Å². The molecule has 0 spiro atoms. The van der Waals surface area contributed by atoms with E-state index in [-0.39, 0.29) is 16.4 Å². The normalized spacial score (nSPS) is 18.1. The maximum absolute atomic E-state index is 11.3. The number of ether oxygens (including phenoxy) is 1. The quantitative estimate of drug-likeness (QED) is 0.692. The Bertz CT molecular complexity index is 423. The van der Waals surface area contributed by atoms with Gasteiger partial charge < -0.3 is 4.74 Å². The average molecular weight is 229 g/mol. The minimum atomic E-state index is -0.110. The van der Waals surface area contributed by atoms with E-state index in [9.17, 15) is 4.79 Å². The van der Waals surface area contributed by atoms with Gasteiger partial charge in [0.15, 0.2) is 10.9 Å². The van der Waals surface area contributed by atoms with E-state index < -0.39 is 0 Å². The molecule has 0 aliphatic carbocycles. The third-order valence-electron chi connectivity index (χ3n) is 2.39. The van der Waals surface area contributed by atoms with Gasteiger partial charge in [0.05, 0.1) is 13.2 Å². The molecule has 15 heavy (non-hydrogen) atoms. The van der Waals surface area contributed by atoms with Crippen molar-refractivity contribution in [2.24, 2.45) is 5.41 Å². The highest BCUT2D eigenvalue weighted by molar-refractivity contribution is 6.33. The van der Waals surface area contributed by atoms with Crippen molar-refractivity contribution in [2.45, 2.75) is 27.3 Å². The summed E-state index contributed by atoms with van der Waals surface area (Å²) in [4.78, 5) is 11.3. The minimum Gasteiger partial charge on any atom is -0.477 e. The maximum Gasteiger partial charge on any atom is 0.224 e. The average Bonchev–Trinajstić information content (AvgIpc) is 2.37. The molecule has 2 rings (SSSR count). The van der Waals surface area contributed by atoms with E-state index >= 15 is 0 Å². The van der Waals surface area contributed by atoms with E-state index in [4.69, 9.17) is 16.3 Å². The molecule has 1 aromatic rings. The number of carbonyl (C=O) groups is 1. The third-order valence-corrected chi connectivity index (χ3v) is 2.66. The van der Waals surface area contributed by atoms with Crippen molar-refractivity contribution < 1.29 is 9.53 Å². The summed E-state index contributed by atoms with van der Waals surface area (Å²) in [5.41, 5.74) is 0.420. The van der Waals surface area contributed by atoms with Gasteiger partial charge in [0.2, 0.25) is 5.88 Å². The molecule has 0 amide bonds. The maximum atomic E-state index is 11.3. The van der Waals surface area contributed by atoms with E-state index in [2.05, 4.69) is 18.9 Å². The van der Waals surface area contributed by atoms with Gasteiger partial charge in [0, 0.05) is 5.41 Å². The molecular weight excluding hydrogens is 216 g/mol. The van der Waals surface area contributed by atoms with Gasteiger partial charge in [-0.2, -0.15) is 5.10 Å². The molecule has 82 valence electrons. The van der Waals surface area contributed by atoms with Crippen LogP contribution in [-0.2, 0) is 6.54 Å². The second-order valence-electron chi connectivity index (χ2n) is 4.64. The zero-order valence-corrected chi connectivity index (χ0v) is 9.76. The number of ketones is 1. The second kappa shape index (κ2) is 3.23. The molecule has 1 aliphatic heterocycles. The Morgan fingerprint density at radius 1 is 1.60 bits per heavy atom. The van der Waals surface area contributed by atoms with Gasteiger partial charge in [0.25, 0.3) is 0 Å². The Kier molecular flexibility index (Phi) is 2.26. The molecule has 0 saturated carbocycles. The number of aromatic nitrogens is 2. The summed E-state index contributed by atoms with van der Waals surface area (Å²) in [5.74, 6) is 0.396. The number of rotatable bonds is 1. The van der Waals surface area contributed by atoms with Crippen molar-refractivity contribution in [3.8, 4) is 5.88 Å². The van der Waals surface area contributed by atoms with E-state index in [1.807, 2.05) is 0 Å². The first-order chi connectivity index (χ1) is 6.91. The number of carbonyl (C=O) groups excluding carboxylic acids is 1. The Morgan fingerprint density at radius 3 is 2.87 bits per heavy atom. The minimum absolute atomic E-state index is 0.0242. The molecule has 0 fully saturated rings. The molecule has 0 bridgehead atoms. The fourth-order valence-electron chi connectivity index (χ4n) is 1.68. The van der Waals surface area contributed by atoms with Crippen LogP contribution in [0.3, 0.4) is 0 Å². The lowest BCUT2D eigenvalue weighted by Gasteiger charge is -2.30. The first-order valence-corrected chi connectivity index (χ1v) is 5.18. The molecule has 0 saturated heterocycles. The summed E-state index contributed by atoms with van der Waals surface area (Å²) >= 11 is 5.89. The Hall–Kier alpha value is -1.03. The van der Waals surface area contributed by atoms with Crippen LogP contribution in [0.2, 0.25) is 5.15 Å².